The second kappa shape index (κ2) is 20.2. The third-order valence-electron chi connectivity index (χ3n) is 8.92. The van der Waals surface area contributed by atoms with E-state index in [2.05, 4.69) is 61.8 Å². The van der Waals surface area contributed by atoms with Gasteiger partial charge in [-0.1, -0.05) is 86.3 Å². The molecule has 0 aromatic heterocycles. The first-order valence-electron chi connectivity index (χ1n) is 17.6. The predicted octanol–water partition coefficient (Wildman–Crippen LogP) is 3.33. The van der Waals surface area contributed by atoms with Crippen LogP contribution in [0, 0.1) is 11.3 Å². The summed E-state index contributed by atoms with van der Waals surface area (Å²) in [6.07, 6.45) is 6.76. The Morgan fingerprint density at radius 3 is 2.44 bits per heavy atom. The van der Waals surface area contributed by atoms with Gasteiger partial charge in [0.1, 0.15) is 23.4 Å². The highest BCUT2D eigenvalue weighted by Crippen LogP contribution is 2.41. The van der Waals surface area contributed by atoms with Gasteiger partial charge in [0.25, 0.3) is 5.91 Å². The van der Waals surface area contributed by atoms with Gasteiger partial charge in [-0.3, -0.25) is 20.3 Å². The molecule has 7 N–H and O–H groups in total. The number of carbonyl (C=O) groups excluding carboxylic acids is 2. The second-order valence-electron chi connectivity index (χ2n) is 12.9. The summed E-state index contributed by atoms with van der Waals surface area (Å²) in [6.45, 7) is 27.6. The number of carbonyl (C=O) groups is 2. The van der Waals surface area contributed by atoms with Crippen LogP contribution in [0.4, 0.5) is 0 Å². The maximum atomic E-state index is 13.3. The van der Waals surface area contributed by atoms with Gasteiger partial charge in [0, 0.05) is 36.7 Å². The number of nitrogens with zero attached hydrogens (tertiary/aromatic N) is 2. The summed E-state index contributed by atoms with van der Waals surface area (Å²) in [5.41, 5.74) is 7.73. The number of allylic oxidation sites excluding steroid dienone is 3. The zero-order valence-corrected chi connectivity index (χ0v) is 32.0. The first kappa shape index (κ1) is 43.5. The number of aliphatic hydroxyl groups excluding tert-OH is 1. The van der Waals surface area contributed by atoms with Crippen molar-refractivity contribution in [3.05, 3.63) is 77.7 Å². The summed E-state index contributed by atoms with van der Waals surface area (Å²) in [5.74, 6) is 1.56. The maximum Gasteiger partial charge on any atom is 0.255 e. The number of nitrogens with one attached hydrogen (secondary N) is 4. The van der Waals surface area contributed by atoms with Gasteiger partial charge in [0.15, 0.2) is 0 Å². The highest BCUT2D eigenvalue weighted by Gasteiger charge is 2.58. The lowest BCUT2D eigenvalue weighted by molar-refractivity contribution is -0.525. The van der Waals surface area contributed by atoms with Crippen molar-refractivity contribution in [1.29, 1.82) is 5.26 Å². The topological polar surface area (TPSA) is 167 Å². The van der Waals surface area contributed by atoms with Crippen molar-refractivity contribution in [2.24, 2.45) is 5.73 Å². The Balaban J connectivity index is 0.000000583. The minimum absolute atomic E-state index is 0.0527. The molecule has 3 aliphatic heterocycles. The number of amidine groups is 1. The molecule has 3 heterocycles. The van der Waals surface area contributed by atoms with Gasteiger partial charge in [-0.2, -0.15) is 5.26 Å². The van der Waals surface area contributed by atoms with E-state index in [1.807, 2.05) is 50.8 Å². The fourth-order valence-corrected chi connectivity index (χ4v) is 5.84. The molecular weight excluding hydrogens is 630 g/mol. The molecule has 276 valence electrons. The van der Waals surface area contributed by atoms with Crippen LogP contribution in [0.2, 0.25) is 0 Å². The number of benzene rings is 1. The van der Waals surface area contributed by atoms with Crippen molar-refractivity contribution in [3.8, 4) is 11.8 Å². The van der Waals surface area contributed by atoms with Crippen LogP contribution in [0.5, 0.6) is 5.75 Å². The highest BCUT2D eigenvalue weighted by atomic mass is 16.5. The quantitative estimate of drug-likeness (QED) is 0.0833. The fourth-order valence-electron chi connectivity index (χ4n) is 5.84. The zero-order valence-electron chi connectivity index (χ0n) is 32.0. The van der Waals surface area contributed by atoms with E-state index in [1.54, 1.807) is 25.1 Å². The van der Waals surface area contributed by atoms with Crippen LogP contribution in [0.3, 0.4) is 0 Å². The van der Waals surface area contributed by atoms with E-state index in [9.17, 15) is 14.7 Å². The van der Waals surface area contributed by atoms with Crippen molar-refractivity contribution in [2.45, 2.75) is 111 Å². The number of ether oxygens (including phenoxy) is 1. The van der Waals surface area contributed by atoms with Crippen LogP contribution < -0.4 is 31.4 Å². The van der Waals surface area contributed by atoms with Gasteiger partial charge in [0.2, 0.25) is 11.7 Å². The molecule has 0 aliphatic carbocycles. The number of hydrogen-bond acceptors (Lipinski definition) is 7. The molecule has 1 aromatic carbocycles. The van der Waals surface area contributed by atoms with Crippen LogP contribution in [0.1, 0.15) is 97.5 Å². The Bertz CT molecular complexity index is 1470. The Morgan fingerprint density at radius 1 is 1.24 bits per heavy atom. The molecule has 50 heavy (non-hydrogen) atoms. The summed E-state index contributed by atoms with van der Waals surface area (Å²) in [7, 11) is 1.53. The number of aliphatic hydroxyl groups is 1. The van der Waals surface area contributed by atoms with Gasteiger partial charge in [-0.15, -0.1) is 0 Å². The van der Waals surface area contributed by atoms with Gasteiger partial charge in [-0.25, -0.2) is 0 Å². The minimum Gasteiger partial charge on any atom is -0.492 e. The molecule has 0 radical (unpaired) electrons. The Hall–Kier alpha value is -4.56. The summed E-state index contributed by atoms with van der Waals surface area (Å²) in [5, 5.41) is 28.7. The molecule has 2 saturated heterocycles. The number of nitrogens with two attached hydrogens (primary N) is 1. The zero-order chi connectivity index (χ0) is 38.2. The van der Waals surface area contributed by atoms with Crippen LogP contribution in [-0.2, 0) is 10.2 Å². The lowest BCUT2D eigenvalue weighted by atomic mass is 9.79. The predicted molar refractivity (Wildman–Crippen MR) is 202 cm³/mol. The third kappa shape index (κ3) is 10.5. The van der Waals surface area contributed by atoms with Crippen molar-refractivity contribution in [2.75, 3.05) is 26.7 Å². The van der Waals surface area contributed by atoms with E-state index in [0.29, 0.717) is 54.4 Å². The molecule has 1 aromatic rings. The fraction of sp³-hybridized carbons (Fsp3) is 0.538. The Morgan fingerprint density at radius 2 is 1.88 bits per heavy atom. The molecule has 0 saturated carbocycles. The largest absolute Gasteiger partial charge is 0.492 e. The van der Waals surface area contributed by atoms with E-state index in [0.717, 1.165) is 17.8 Å². The van der Waals surface area contributed by atoms with Crippen molar-refractivity contribution in [1.82, 2.24) is 20.9 Å². The number of rotatable bonds is 7. The highest BCUT2D eigenvalue weighted by molar-refractivity contribution is 5.98. The summed E-state index contributed by atoms with van der Waals surface area (Å²) in [4.78, 5) is 29.6. The van der Waals surface area contributed by atoms with Crippen molar-refractivity contribution in [3.63, 3.8) is 0 Å². The first-order chi connectivity index (χ1) is 23.7. The normalized spacial score (nSPS) is 23.4. The number of fused-ring (bicyclic) bond motifs is 2. The molecule has 11 nitrogen and oxygen atoms in total. The molecule has 2 fully saturated rings. The van der Waals surface area contributed by atoms with Crippen molar-refractivity contribution < 1.29 is 24.4 Å². The molecule has 0 bridgehead atoms. The van der Waals surface area contributed by atoms with Crippen LogP contribution in [0.15, 0.2) is 66.6 Å². The van der Waals surface area contributed by atoms with E-state index in [4.69, 9.17) is 15.7 Å². The molecular formula is C39H62N7O4+. The van der Waals surface area contributed by atoms with Gasteiger partial charge in [-0.05, 0) is 43.9 Å². The lowest BCUT2D eigenvalue weighted by Crippen LogP contribution is -2.92. The molecule has 11 heteroatoms. The lowest BCUT2D eigenvalue weighted by Gasteiger charge is -2.46. The minimum atomic E-state index is -0.815. The molecule has 4 rings (SSSR count). The first-order valence-corrected chi connectivity index (χ1v) is 17.6. The van der Waals surface area contributed by atoms with Gasteiger partial charge in [0.05, 0.1) is 36.6 Å². The van der Waals surface area contributed by atoms with E-state index in [-0.39, 0.29) is 23.3 Å². The number of hydrogen-bond donors (Lipinski definition) is 6. The third-order valence-corrected chi connectivity index (χ3v) is 8.92. The second-order valence-corrected chi connectivity index (χ2v) is 12.9. The van der Waals surface area contributed by atoms with Crippen molar-refractivity contribution >= 4 is 17.6 Å². The van der Waals surface area contributed by atoms with Crippen LogP contribution in [0.25, 0.3) is 0 Å². The van der Waals surface area contributed by atoms with Crippen LogP contribution >= 0.6 is 0 Å². The van der Waals surface area contributed by atoms with E-state index >= 15 is 0 Å². The Kier molecular flexibility index (Phi) is 17.6. The standard InChI is InChI=1S/C24H35N5O3.C10H12N2O.C3H8.C2H6/c1-6-19(25)28-18-12-26-14(2)29-13-17(21(30)24(18,29)5)27-22(31)15-8-7-9-16-20(15)32-11-10-23(16,3)4;1-4-9(7-11)6-5-8(2)10(13)12-3;1-3-2;1-2/h7-9,17-18,21,26,30H,2,6,10-13H2,1,3-5H3,(H2,25,28)(H,27,31);4-6H,2H2,1,3H3,(H,12,13);3H2,1-2H3;1-2H3/p+1/b;6-5-,9-4+;;. The smallest absolute Gasteiger partial charge is 0.255 e. The van der Waals surface area contributed by atoms with E-state index in [1.165, 1.54) is 19.5 Å². The molecule has 3 aliphatic rings. The molecule has 4 unspecified atom stereocenters. The molecule has 0 spiro atoms. The van der Waals surface area contributed by atoms with Gasteiger partial charge >= 0.3 is 0 Å². The summed E-state index contributed by atoms with van der Waals surface area (Å²) < 4.78 is 5.92. The SMILES string of the molecule is C=C(/C=C\C(C#N)=C/C)C(=O)NC.C=C1NCC([NH+]=C(N)CC)C2(C)C(O)C(NC(=O)c3cccc4c3OCCC4(C)C)CN12.CC.CCC. The monoisotopic (exact) mass is 692 g/mol. The van der Waals surface area contributed by atoms with E-state index < -0.39 is 17.7 Å². The van der Waals surface area contributed by atoms with Crippen LogP contribution in [-0.4, -0.2) is 78.1 Å². The molecule has 2 amide bonds. The van der Waals surface area contributed by atoms with Gasteiger partial charge < -0.3 is 30.7 Å². The number of likely N-dealkylation sites (N-methyl/N-ethyl adjacent to an activating group) is 1. The number of amides is 2. The average Bonchev–Trinajstić information content (AvgIpc) is 3.37. The number of para-hydroxylation sites is 1. The maximum absolute atomic E-state index is 13.3. The number of nitriles is 1. The summed E-state index contributed by atoms with van der Waals surface area (Å²) in [6, 6.07) is 7.06. The average molecular weight is 693 g/mol. The summed E-state index contributed by atoms with van der Waals surface area (Å²) >= 11 is 0. The molecule has 4 atom stereocenters. The Labute approximate surface area is 300 Å².